The van der Waals surface area contributed by atoms with Crippen LogP contribution in [0, 0.1) is 6.92 Å². The molecule has 0 spiro atoms. The number of aryl methyl sites for hydroxylation is 1. The van der Waals surface area contributed by atoms with E-state index in [1.54, 1.807) is 12.1 Å². The van der Waals surface area contributed by atoms with Crippen LogP contribution in [0.3, 0.4) is 0 Å². The molecule has 0 atom stereocenters. The zero-order valence-corrected chi connectivity index (χ0v) is 15.5. The maximum atomic E-state index is 12.6. The van der Waals surface area contributed by atoms with Gasteiger partial charge in [-0.1, -0.05) is 17.7 Å². The predicted molar refractivity (Wildman–Crippen MR) is 96.3 cm³/mol. The van der Waals surface area contributed by atoms with E-state index in [0.29, 0.717) is 5.75 Å². The molecule has 0 aliphatic heterocycles. The number of esters is 1. The summed E-state index contributed by atoms with van der Waals surface area (Å²) in [5, 5.41) is 2.43. The van der Waals surface area contributed by atoms with Crippen molar-refractivity contribution < 1.29 is 37.3 Å². The fourth-order valence-electron chi connectivity index (χ4n) is 2.26. The molecule has 2 rings (SSSR count). The summed E-state index contributed by atoms with van der Waals surface area (Å²) in [7, 11) is 2.37. The first-order valence-electron chi connectivity index (χ1n) is 8.08. The smallest absolute Gasteiger partial charge is 0.387 e. The molecule has 2 aromatic rings. The van der Waals surface area contributed by atoms with Gasteiger partial charge in [-0.25, -0.2) is 4.79 Å². The fourth-order valence-corrected chi connectivity index (χ4v) is 2.26. The van der Waals surface area contributed by atoms with E-state index in [1.807, 2.05) is 19.1 Å². The lowest BCUT2D eigenvalue weighted by Crippen LogP contribution is -2.22. The van der Waals surface area contributed by atoms with Gasteiger partial charge in [0.15, 0.2) is 18.1 Å². The fraction of sp³-hybridized carbons (Fsp3) is 0.263. The number of alkyl halides is 2. The third-order valence-corrected chi connectivity index (χ3v) is 3.59. The van der Waals surface area contributed by atoms with E-state index in [-0.39, 0.29) is 29.4 Å². The summed E-state index contributed by atoms with van der Waals surface area (Å²) in [5.74, 6) is -1.39. The second-order valence-corrected chi connectivity index (χ2v) is 5.57. The van der Waals surface area contributed by atoms with Crippen LogP contribution >= 0.6 is 0 Å². The maximum Gasteiger partial charge on any atom is 0.387 e. The summed E-state index contributed by atoms with van der Waals surface area (Å²) >= 11 is 0. The number of anilines is 1. The first-order valence-corrected chi connectivity index (χ1v) is 8.08. The molecule has 0 fully saturated rings. The molecule has 0 heterocycles. The lowest BCUT2D eigenvalue weighted by molar-refractivity contribution is -0.118. The topological polar surface area (TPSA) is 83.1 Å². The number of amides is 1. The molecule has 2 aromatic carbocycles. The first kappa shape index (κ1) is 20.9. The summed E-state index contributed by atoms with van der Waals surface area (Å²) in [4.78, 5) is 24.2. The van der Waals surface area contributed by atoms with Gasteiger partial charge in [0.1, 0.15) is 5.75 Å². The molecule has 1 N–H and O–H groups in total. The van der Waals surface area contributed by atoms with Crippen LogP contribution in [0.25, 0.3) is 0 Å². The summed E-state index contributed by atoms with van der Waals surface area (Å²) in [5.41, 5.74) is 0.856. The monoisotopic (exact) mass is 395 g/mol. The zero-order chi connectivity index (χ0) is 20.7. The molecule has 0 unspecified atom stereocenters. The van der Waals surface area contributed by atoms with Crippen LogP contribution < -0.4 is 19.5 Å². The number of ether oxygens (including phenoxy) is 4. The van der Waals surface area contributed by atoms with Crippen molar-refractivity contribution in [3.05, 3.63) is 47.5 Å². The minimum absolute atomic E-state index is 0.0826. The molecule has 0 aliphatic carbocycles. The third-order valence-electron chi connectivity index (χ3n) is 3.59. The quantitative estimate of drug-likeness (QED) is 0.690. The largest absolute Gasteiger partial charge is 0.493 e. The predicted octanol–water partition coefficient (Wildman–Crippen LogP) is 3.41. The van der Waals surface area contributed by atoms with Crippen LogP contribution in [0.4, 0.5) is 14.5 Å². The first-order chi connectivity index (χ1) is 13.3. The van der Waals surface area contributed by atoms with E-state index in [2.05, 4.69) is 14.8 Å². The summed E-state index contributed by atoms with van der Waals surface area (Å²) in [6, 6.07) is 9.23. The van der Waals surface area contributed by atoms with E-state index in [4.69, 9.17) is 9.47 Å². The number of nitrogens with one attached hydrogen (secondary N) is 1. The molecule has 28 heavy (non-hydrogen) atoms. The minimum Gasteiger partial charge on any atom is -0.493 e. The Morgan fingerprint density at radius 3 is 2.32 bits per heavy atom. The highest BCUT2D eigenvalue weighted by molar-refractivity contribution is 6.02. The van der Waals surface area contributed by atoms with E-state index in [9.17, 15) is 18.4 Å². The van der Waals surface area contributed by atoms with Gasteiger partial charge < -0.3 is 24.3 Å². The van der Waals surface area contributed by atoms with Gasteiger partial charge in [-0.2, -0.15) is 8.78 Å². The van der Waals surface area contributed by atoms with Crippen molar-refractivity contribution >= 4 is 17.6 Å². The van der Waals surface area contributed by atoms with Crippen LogP contribution in [-0.4, -0.2) is 39.3 Å². The van der Waals surface area contributed by atoms with Gasteiger partial charge in [0.05, 0.1) is 25.5 Å². The number of benzene rings is 2. The van der Waals surface area contributed by atoms with Crippen molar-refractivity contribution in [3.63, 3.8) is 0 Å². The lowest BCUT2D eigenvalue weighted by atomic mass is 10.1. The lowest BCUT2D eigenvalue weighted by Gasteiger charge is -2.15. The maximum absolute atomic E-state index is 12.6. The number of halogens is 2. The molecule has 9 heteroatoms. The van der Waals surface area contributed by atoms with Gasteiger partial charge >= 0.3 is 12.6 Å². The van der Waals surface area contributed by atoms with Gasteiger partial charge in [-0.05, 0) is 19.1 Å². The van der Waals surface area contributed by atoms with Crippen LogP contribution in [0.1, 0.15) is 15.9 Å². The summed E-state index contributed by atoms with van der Waals surface area (Å²) in [6.45, 7) is -1.57. The standard InChI is InChI=1S/C19H19F2NO6/c1-11-4-6-12(7-5-11)27-10-17(23)22-14-9-16(28-19(20)21)15(25-2)8-13(14)18(24)26-3/h4-9,19H,10H2,1-3H3,(H,22,23). The van der Waals surface area contributed by atoms with Crippen molar-refractivity contribution in [2.45, 2.75) is 13.5 Å². The van der Waals surface area contributed by atoms with Gasteiger partial charge in [0.2, 0.25) is 0 Å². The highest BCUT2D eigenvalue weighted by atomic mass is 19.3. The summed E-state index contributed by atoms with van der Waals surface area (Å²) in [6.07, 6.45) is 0. The molecule has 0 bridgehead atoms. The Bertz CT molecular complexity index is 839. The molecule has 0 saturated heterocycles. The van der Waals surface area contributed by atoms with E-state index >= 15 is 0 Å². The normalized spacial score (nSPS) is 10.4. The second kappa shape index (κ2) is 9.54. The molecule has 0 saturated carbocycles. The Morgan fingerprint density at radius 2 is 1.75 bits per heavy atom. The van der Waals surface area contributed by atoms with Crippen molar-refractivity contribution in [1.82, 2.24) is 0 Å². The van der Waals surface area contributed by atoms with Crippen molar-refractivity contribution in [3.8, 4) is 17.2 Å². The van der Waals surface area contributed by atoms with Crippen molar-refractivity contribution in [2.75, 3.05) is 26.1 Å². The average Bonchev–Trinajstić information content (AvgIpc) is 2.66. The molecule has 0 aliphatic rings. The van der Waals surface area contributed by atoms with Crippen LogP contribution in [0.5, 0.6) is 17.2 Å². The van der Waals surface area contributed by atoms with Gasteiger partial charge in [-0.3, -0.25) is 4.79 Å². The minimum atomic E-state index is -3.12. The van der Waals surface area contributed by atoms with E-state index < -0.39 is 18.5 Å². The Balaban J connectivity index is 2.21. The highest BCUT2D eigenvalue weighted by Crippen LogP contribution is 2.35. The van der Waals surface area contributed by atoms with Crippen LogP contribution in [0.2, 0.25) is 0 Å². The van der Waals surface area contributed by atoms with Crippen LogP contribution in [-0.2, 0) is 9.53 Å². The average molecular weight is 395 g/mol. The number of carbonyl (C=O) groups is 2. The molecule has 0 radical (unpaired) electrons. The zero-order valence-electron chi connectivity index (χ0n) is 15.5. The number of rotatable bonds is 8. The van der Waals surface area contributed by atoms with E-state index in [0.717, 1.165) is 24.8 Å². The molecule has 0 aromatic heterocycles. The summed E-state index contributed by atoms with van der Waals surface area (Å²) < 4.78 is 44.6. The van der Waals surface area contributed by atoms with Gasteiger partial charge in [-0.15, -0.1) is 0 Å². The molecule has 150 valence electrons. The number of hydrogen-bond donors (Lipinski definition) is 1. The van der Waals surface area contributed by atoms with Crippen molar-refractivity contribution in [1.29, 1.82) is 0 Å². The Morgan fingerprint density at radius 1 is 1.07 bits per heavy atom. The number of methoxy groups -OCH3 is 2. The number of hydrogen-bond acceptors (Lipinski definition) is 6. The van der Waals surface area contributed by atoms with Gasteiger partial charge in [0, 0.05) is 12.1 Å². The van der Waals surface area contributed by atoms with Gasteiger partial charge in [0.25, 0.3) is 5.91 Å². The van der Waals surface area contributed by atoms with E-state index in [1.165, 1.54) is 7.11 Å². The second-order valence-electron chi connectivity index (χ2n) is 5.57. The molecule has 1 amide bonds. The number of carbonyl (C=O) groups excluding carboxylic acids is 2. The Kier molecular flexibility index (Phi) is 7.14. The highest BCUT2D eigenvalue weighted by Gasteiger charge is 2.21. The van der Waals surface area contributed by atoms with Crippen LogP contribution in [0.15, 0.2) is 36.4 Å². The third kappa shape index (κ3) is 5.57. The van der Waals surface area contributed by atoms with Crippen molar-refractivity contribution in [2.24, 2.45) is 0 Å². The molecular formula is C19H19F2NO6. The molecular weight excluding hydrogens is 376 g/mol. The SMILES string of the molecule is COC(=O)c1cc(OC)c(OC(F)F)cc1NC(=O)COc1ccc(C)cc1. The Hall–Kier alpha value is -3.36. The molecule has 7 nitrogen and oxygen atoms in total. The Labute approximate surface area is 160 Å².